The van der Waals surface area contributed by atoms with Gasteiger partial charge in [0, 0.05) is 12.2 Å². The molecule has 0 aromatic heterocycles. The largest absolute Gasteiger partial charge is 0.493 e. The molecule has 4 nitrogen and oxygen atoms in total. The summed E-state index contributed by atoms with van der Waals surface area (Å²) in [5, 5.41) is 9.12. The second kappa shape index (κ2) is 6.27. The van der Waals surface area contributed by atoms with Gasteiger partial charge in [0.1, 0.15) is 0 Å². The van der Waals surface area contributed by atoms with Crippen LogP contribution in [-0.4, -0.2) is 25.6 Å². The minimum absolute atomic E-state index is 0.0847. The molecule has 0 aliphatic heterocycles. The summed E-state index contributed by atoms with van der Waals surface area (Å²) in [6.07, 6.45) is 0. The molecule has 0 bridgehead atoms. The smallest absolute Gasteiger partial charge is 0.189 e. The number of rotatable bonds is 6. The van der Waals surface area contributed by atoms with Crippen LogP contribution in [0, 0.1) is 0 Å². The van der Waals surface area contributed by atoms with Gasteiger partial charge in [-0.3, -0.25) is 0 Å². The van der Waals surface area contributed by atoms with Crippen LogP contribution >= 0.6 is 0 Å². The van der Waals surface area contributed by atoms with Gasteiger partial charge in [0.2, 0.25) is 0 Å². The lowest BCUT2D eigenvalue weighted by molar-refractivity contribution is 0.0196. The van der Waals surface area contributed by atoms with Crippen molar-refractivity contribution >= 4 is 0 Å². The van der Waals surface area contributed by atoms with Gasteiger partial charge in [0.15, 0.2) is 18.3 Å². The monoisotopic (exact) mass is 212 g/mol. The maximum Gasteiger partial charge on any atom is 0.189 e. The molecule has 1 aromatic rings. The maximum atomic E-state index is 9.12. The van der Waals surface area contributed by atoms with Crippen molar-refractivity contribution < 1.29 is 19.3 Å². The summed E-state index contributed by atoms with van der Waals surface area (Å²) in [7, 11) is 1.56. The second-order valence-electron chi connectivity index (χ2n) is 2.86. The van der Waals surface area contributed by atoms with Crippen LogP contribution in [0.5, 0.6) is 11.5 Å². The predicted octanol–water partition coefficient (Wildman–Crippen LogP) is 1.56. The third-order valence-electron chi connectivity index (χ3n) is 1.94. The fourth-order valence-electron chi connectivity index (χ4n) is 1.19. The Bertz CT molecular complexity index is 276. The average Bonchev–Trinajstić information content (AvgIpc) is 2.29. The van der Waals surface area contributed by atoms with Crippen molar-refractivity contribution in [3.8, 4) is 11.5 Å². The van der Waals surface area contributed by atoms with Crippen LogP contribution in [-0.2, 0) is 11.3 Å². The molecule has 0 fully saturated rings. The lowest BCUT2D eigenvalue weighted by Crippen LogP contribution is -2.05. The lowest BCUT2D eigenvalue weighted by atomic mass is 10.2. The molecule has 0 atom stereocenters. The molecule has 4 heteroatoms. The molecule has 0 saturated carbocycles. The van der Waals surface area contributed by atoms with E-state index in [1.54, 1.807) is 25.3 Å². The summed E-state index contributed by atoms with van der Waals surface area (Å²) in [4.78, 5) is 0. The highest BCUT2D eigenvalue weighted by atomic mass is 16.7. The molecule has 0 aliphatic carbocycles. The number of aliphatic hydroxyl groups excluding tert-OH is 1. The van der Waals surface area contributed by atoms with E-state index in [2.05, 4.69) is 0 Å². The Hall–Kier alpha value is -1.26. The second-order valence-corrected chi connectivity index (χ2v) is 2.86. The average molecular weight is 212 g/mol. The molecule has 0 unspecified atom stereocenters. The minimum Gasteiger partial charge on any atom is -0.493 e. The van der Waals surface area contributed by atoms with E-state index in [0.717, 1.165) is 0 Å². The first-order valence-corrected chi connectivity index (χ1v) is 4.80. The first-order valence-electron chi connectivity index (χ1n) is 4.80. The van der Waals surface area contributed by atoms with E-state index in [-0.39, 0.29) is 13.4 Å². The number of benzene rings is 1. The quantitative estimate of drug-likeness (QED) is 0.574. The Morgan fingerprint density at radius 1 is 1.33 bits per heavy atom. The molecular formula is C11H16O4. The number of aliphatic hydroxyl groups is 1. The van der Waals surface area contributed by atoms with Crippen LogP contribution < -0.4 is 9.47 Å². The maximum absolute atomic E-state index is 9.12. The zero-order chi connectivity index (χ0) is 11.1. The first-order chi connectivity index (χ1) is 7.33. The van der Waals surface area contributed by atoms with Crippen LogP contribution in [0.3, 0.4) is 0 Å². The molecular weight excluding hydrogens is 196 g/mol. The molecule has 1 rings (SSSR count). The van der Waals surface area contributed by atoms with Gasteiger partial charge in [-0.15, -0.1) is 0 Å². The van der Waals surface area contributed by atoms with Crippen LogP contribution in [0.15, 0.2) is 18.2 Å². The summed E-state index contributed by atoms with van der Waals surface area (Å²) in [6, 6.07) is 5.36. The number of ether oxygens (including phenoxy) is 3. The number of hydrogen-bond donors (Lipinski definition) is 1. The van der Waals surface area contributed by atoms with Gasteiger partial charge in [0.25, 0.3) is 0 Å². The molecule has 0 radical (unpaired) electrons. The normalized spacial score (nSPS) is 10.1. The standard InChI is InChI=1S/C11H16O4/c1-3-14-8-15-11-9(7-12)5-4-6-10(11)13-2/h4-6,12H,3,7-8H2,1-2H3. The predicted molar refractivity (Wildman–Crippen MR) is 56.0 cm³/mol. The first kappa shape index (κ1) is 11.8. The fraction of sp³-hybridized carbons (Fsp3) is 0.455. The van der Waals surface area contributed by atoms with Gasteiger partial charge >= 0.3 is 0 Å². The third kappa shape index (κ3) is 3.11. The van der Waals surface area contributed by atoms with Gasteiger partial charge in [-0.25, -0.2) is 0 Å². The molecule has 15 heavy (non-hydrogen) atoms. The lowest BCUT2D eigenvalue weighted by Gasteiger charge is -2.13. The summed E-state index contributed by atoms with van der Waals surface area (Å²) >= 11 is 0. The van der Waals surface area contributed by atoms with Crippen LogP contribution in [0.2, 0.25) is 0 Å². The van der Waals surface area contributed by atoms with E-state index in [4.69, 9.17) is 19.3 Å². The van der Waals surface area contributed by atoms with Crippen molar-refractivity contribution in [1.82, 2.24) is 0 Å². The zero-order valence-electron chi connectivity index (χ0n) is 9.03. The van der Waals surface area contributed by atoms with Crippen molar-refractivity contribution in [2.75, 3.05) is 20.5 Å². The van der Waals surface area contributed by atoms with Crippen molar-refractivity contribution in [3.05, 3.63) is 23.8 Å². The van der Waals surface area contributed by atoms with E-state index in [0.29, 0.717) is 23.7 Å². The minimum atomic E-state index is -0.0847. The van der Waals surface area contributed by atoms with Crippen molar-refractivity contribution in [1.29, 1.82) is 0 Å². The Morgan fingerprint density at radius 3 is 2.73 bits per heavy atom. The van der Waals surface area contributed by atoms with Gasteiger partial charge in [-0.05, 0) is 13.0 Å². The van der Waals surface area contributed by atoms with E-state index >= 15 is 0 Å². The highest BCUT2D eigenvalue weighted by Crippen LogP contribution is 2.30. The van der Waals surface area contributed by atoms with Crippen molar-refractivity contribution in [2.24, 2.45) is 0 Å². The van der Waals surface area contributed by atoms with Gasteiger partial charge < -0.3 is 19.3 Å². The molecule has 0 spiro atoms. The molecule has 0 amide bonds. The highest BCUT2D eigenvalue weighted by Gasteiger charge is 2.09. The molecule has 0 heterocycles. The molecule has 1 aromatic carbocycles. The summed E-state index contributed by atoms with van der Waals surface area (Å²) in [6.45, 7) is 2.55. The van der Waals surface area contributed by atoms with Crippen LogP contribution in [0.1, 0.15) is 12.5 Å². The van der Waals surface area contributed by atoms with Gasteiger partial charge in [-0.2, -0.15) is 0 Å². The van der Waals surface area contributed by atoms with Crippen LogP contribution in [0.25, 0.3) is 0 Å². The molecule has 1 N–H and O–H groups in total. The number of para-hydroxylation sites is 1. The zero-order valence-corrected chi connectivity index (χ0v) is 9.03. The van der Waals surface area contributed by atoms with Crippen LogP contribution in [0.4, 0.5) is 0 Å². The topological polar surface area (TPSA) is 47.9 Å². The summed E-state index contributed by atoms with van der Waals surface area (Å²) in [5.41, 5.74) is 0.689. The summed E-state index contributed by atoms with van der Waals surface area (Å²) < 4.78 is 15.6. The Balaban J connectivity index is 2.80. The number of methoxy groups -OCH3 is 1. The highest BCUT2D eigenvalue weighted by molar-refractivity contribution is 5.46. The Kier molecular flexibility index (Phi) is 4.93. The Labute approximate surface area is 89.4 Å². The SMILES string of the molecule is CCOCOc1c(CO)cccc1OC. The van der Waals surface area contributed by atoms with E-state index < -0.39 is 0 Å². The third-order valence-corrected chi connectivity index (χ3v) is 1.94. The number of hydrogen-bond acceptors (Lipinski definition) is 4. The van der Waals surface area contributed by atoms with Crippen molar-refractivity contribution in [3.63, 3.8) is 0 Å². The van der Waals surface area contributed by atoms with E-state index in [1.165, 1.54) is 0 Å². The molecule has 0 saturated heterocycles. The molecule has 0 aliphatic rings. The van der Waals surface area contributed by atoms with Gasteiger partial charge in [0.05, 0.1) is 13.7 Å². The van der Waals surface area contributed by atoms with E-state index in [1.807, 2.05) is 6.92 Å². The molecule has 84 valence electrons. The summed E-state index contributed by atoms with van der Waals surface area (Å²) in [5.74, 6) is 1.14. The van der Waals surface area contributed by atoms with Crippen molar-refractivity contribution in [2.45, 2.75) is 13.5 Å². The van der Waals surface area contributed by atoms with E-state index in [9.17, 15) is 0 Å². The Morgan fingerprint density at radius 2 is 2.13 bits per heavy atom. The fourth-order valence-corrected chi connectivity index (χ4v) is 1.19. The van der Waals surface area contributed by atoms with Gasteiger partial charge in [-0.1, -0.05) is 12.1 Å².